The Balaban J connectivity index is 1.39. The quantitative estimate of drug-likeness (QED) is 0.0384. The van der Waals surface area contributed by atoms with Crippen molar-refractivity contribution in [2.24, 2.45) is 28.9 Å². The van der Waals surface area contributed by atoms with Gasteiger partial charge in [-0.1, -0.05) is 82.6 Å². The number of rotatable bonds is 29. The molecule has 2 aromatic carbocycles. The van der Waals surface area contributed by atoms with Crippen LogP contribution in [0.25, 0.3) is 0 Å². The van der Waals surface area contributed by atoms with Crippen LogP contribution in [0.5, 0.6) is 5.75 Å². The maximum Gasteiger partial charge on any atom is 0.347 e. The zero-order valence-electron chi connectivity index (χ0n) is 46.7. The van der Waals surface area contributed by atoms with E-state index < -0.39 is 83.3 Å². The Hall–Kier alpha value is -5.68. The van der Waals surface area contributed by atoms with Gasteiger partial charge in [-0.3, -0.25) is 28.8 Å². The number of carbonyl (C=O) groups is 7. The monoisotopic (exact) mass is 1110 g/mol. The van der Waals surface area contributed by atoms with Gasteiger partial charge in [0, 0.05) is 51.9 Å². The summed E-state index contributed by atoms with van der Waals surface area (Å²) in [4.78, 5) is 94.1. The van der Waals surface area contributed by atoms with Gasteiger partial charge in [0.25, 0.3) is 0 Å². The normalized spacial score (nSPS) is 21.5. The topological polar surface area (TPSA) is 283 Å². The summed E-state index contributed by atoms with van der Waals surface area (Å²) < 4.78 is 44.7. The first-order chi connectivity index (χ1) is 37.1. The molecule has 2 aliphatic rings. The van der Waals surface area contributed by atoms with Crippen molar-refractivity contribution in [3.8, 4) is 5.75 Å². The van der Waals surface area contributed by atoms with Crippen molar-refractivity contribution in [1.29, 1.82) is 0 Å². The molecule has 21 nitrogen and oxygen atoms in total. The number of nitrogens with two attached hydrogens (primary N) is 1. The minimum atomic E-state index is -1.28. The van der Waals surface area contributed by atoms with Crippen LogP contribution in [0, 0.1) is 23.2 Å². The molecule has 8 atom stereocenters. The molecule has 434 valence electrons. The molecule has 78 heavy (non-hydrogen) atoms. The van der Waals surface area contributed by atoms with E-state index in [0.717, 1.165) is 11.1 Å². The fourth-order valence-electron chi connectivity index (χ4n) is 8.11. The summed E-state index contributed by atoms with van der Waals surface area (Å²) in [5.74, 6) is -4.12. The summed E-state index contributed by atoms with van der Waals surface area (Å²) in [7, 11) is 3.09. The van der Waals surface area contributed by atoms with Crippen LogP contribution < -0.4 is 37.1 Å². The third-order valence-electron chi connectivity index (χ3n) is 13.1. The van der Waals surface area contributed by atoms with Crippen LogP contribution in [0.2, 0.25) is 5.02 Å². The molecule has 0 unspecified atom stereocenters. The van der Waals surface area contributed by atoms with Gasteiger partial charge in [0.15, 0.2) is 6.10 Å². The van der Waals surface area contributed by atoms with E-state index in [0.29, 0.717) is 56.0 Å². The number of amides is 5. The van der Waals surface area contributed by atoms with Gasteiger partial charge >= 0.3 is 11.9 Å². The molecule has 5 amide bonds. The van der Waals surface area contributed by atoms with Crippen LogP contribution in [0.3, 0.4) is 0 Å². The first-order valence-electron chi connectivity index (χ1n) is 26.7. The molecule has 0 aromatic heterocycles. The molecule has 0 saturated carbocycles. The lowest BCUT2D eigenvalue weighted by Gasteiger charge is -2.29. The predicted molar refractivity (Wildman–Crippen MR) is 290 cm³/mol. The molecule has 2 heterocycles. The van der Waals surface area contributed by atoms with Crippen molar-refractivity contribution >= 4 is 53.1 Å². The van der Waals surface area contributed by atoms with Gasteiger partial charge < -0.3 is 70.2 Å². The minimum absolute atomic E-state index is 0.0223. The Morgan fingerprint density at radius 1 is 0.846 bits per heavy atom. The smallest absolute Gasteiger partial charge is 0.347 e. The predicted octanol–water partition coefficient (Wildman–Crippen LogP) is 3.80. The first-order valence-corrected chi connectivity index (χ1v) is 27.1. The van der Waals surface area contributed by atoms with Crippen molar-refractivity contribution in [3.63, 3.8) is 0 Å². The molecule has 1 fully saturated rings. The Kier molecular flexibility index (Phi) is 27.5. The van der Waals surface area contributed by atoms with Gasteiger partial charge in [-0.25, -0.2) is 4.79 Å². The van der Waals surface area contributed by atoms with Gasteiger partial charge in [-0.05, 0) is 73.4 Å². The van der Waals surface area contributed by atoms with Gasteiger partial charge in [-0.2, -0.15) is 0 Å². The fourth-order valence-corrected chi connectivity index (χ4v) is 8.39. The first kappa shape index (κ1) is 64.8. The Morgan fingerprint density at radius 3 is 2.13 bits per heavy atom. The number of benzene rings is 2. The van der Waals surface area contributed by atoms with E-state index in [1.54, 1.807) is 59.1 Å². The number of carbonyl (C=O) groups excluding carboxylic acids is 7. The molecule has 4 rings (SSSR count). The molecule has 2 aromatic rings. The summed E-state index contributed by atoms with van der Waals surface area (Å²) in [5.41, 5.74) is 7.04. The molecule has 7 N–H and O–H groups in total. The van der Waals surface area contributed by atoms with Crippen molar-refractivity contribution in [2.75, 3.05) is 73.6 Å². The molecule has 0 bridgehead atoms. The molecular weight excluding hydrogens is 1030 g/mol. The third-order valence-corrected chi connectivity index (χ3v) is 13.4. The van der Waals surface area contributed by atoms with E-state index >= 15 is 0 Å². The average Bonchev–Trinajstić information content (AvgIpc) is 4.21. The number of halogens is 1. The van der Waals surface area contributed by atoms with E-state index in [2.05, 4.69) is 26.6 Å². The van der Waals surface area contributed by atoms with E-state index in [1.165, 1.54) is 13.2 Å². The average molecular weight is 1120 g/mol. The number of epoxide rings is 1. The summed E-state index contributed by atoms with van der Waals surface area (Å²) >= 11 is 6.38. The number of nitrogens with one attached hydrogen (secondary N) is 5. The second-order valence-corrected chi connectivity index (χ2v) is 21.3. The van der Waals surface area contributed by atoms with Crippen LogP contribution in [0.1, 0.15) is 96.9 Å². The molecular formula is C56H83ClN6O15. The molecule has 2 aliphatic heterocycles. The highest BCUT2D eigenvalue weighted by molar-refractivity contribution is 6.32. The van der Waals surface area contributed by atoms with E-state index in [-0.39, 0.29) is 82.2 Å². The maximum atomic E-state index is 14.0. The van der Waals surface area contributed by atoms with Crippen LogP contribution in [0.4, 0.5) is 0 Å². The van der Waals surface area contributed by atoms with Crippen molar-refractivity contribution in [3.05, 3.63) is 76.3 Å². The molecule has 0 aliphatic carbocycles. The molecule has 0 radical (unpaired) electrons. The summed E-state index contributed by atoms with van der Waals surface area (Å²) in [5, 5.41) is 14.2. The lowest BCUT2D eigenvalue weighted by Crippen LogP contribution is -2.53. The second-order valence-electron chi connectivity index (χ2n) is 20.9. The Morgan fingerprint density at radius 2 is 1.50 bits per heavy atom. The highest BCUT2D eigenvalue weighted by Crippen LogP contribution is 2.45. The van der Waals surface area contributed by atoms with Crippen LogP contribution in [-0.4, -0.2) is 151 Å². The van der Waals surface area contributed by atoms with Crippen molar-refractivity contribution < 1.29 is 71.5 Å². The SMILES string of the molecule is COCCOCCOCCOCCNC(=O)CC[C@H](NC(=O)[C@@H](N)C(C)C)C(=O)NCc1ccc([C@H]2O[C@@H]2[C@@H](C)[C@@H]2C/C=C/C(=O)N[C@H](Cc3ccc(OC)c(Cl)c3)C(=O)NCC(C)(C)C(=O)O[C@@H](CC(C)C)C(=O)O2)cc1. The van der Waals surface area contributed by atoms with Gasteiger partial charge in [0.05, 0.1) is 75.9 Å². The lowest BCUT2D eigenvalue weighted by molar-refractivity contribution is -0.179. The lowest BCUT2D eigenvalue weighted by atomic mass is 9.92. The van der Waals surface area contributed by atoms with Gasteiger partial charge in [0.1, 0.15) is 30.0 Å². The second kappa shape index (κ2) is 33.0. The highest BCUT2D eigenvalue weighted by Gasteiger charge is 2.48. The van der Waals surface area contributed by atoms with Crippen molar-refractivity contribution in [1.82, 2.24) is 26.6 Å². The number of methoxy groups -OCH3 is 2. The molecule has 1 saturated heterocycles. The Labute approximate surface area is 463 Å². The van der Waals surface area contributed by atoms with E-state index in [1.807, 2.05) is 45.0 Å². The van der Waals surface area contributed by atoms with Gasteiger partial charge in [-0.15, -0.1) is 0 Å². The van der Waals surface area contributed by atoms with Crippen LogP contribution in [0.15, 0.2) is 54.6 Å². The minimum Gasteiger partial charge on any atom is -0.495 e. The number of cyclic esters (lactones) is 2. The number of hydrogen-bond acceptors (Lipinski definition) is 16. The largest absolute Gasteiger partial charge is 0.495 e. The number of ether oxygens (including phenoxy) is 8. The summed E-state index contributed by atoms with van der Waals surface area (Å²) in [6.45, 7) is 15.5. The molecule has 22 heteroatoms. The van der Waals surface area contributed by atoms with Crippen molar-refractivity contribution in [2.45, 2.75) is 130 Å². The fraction of sp³-hybridized carbons (Fsp3) is 0.625. The van der Waals surface area contributed by atoms with E-state index in [4.69, 9.17) is 55.2 Å². The third kappa shape index (κ3) is 22.2. The van der Waals surface area contributed by atoms with Crippen LogP contribution in [-0.2, 0) is 79.7 Å². The van der Waals surface area contributed by atoms with E-state index in [9.17, 15) is 33.6 Å². The maximum absolute atomic E-state index is 14.0. The summed E-state index contributed by atoms with van der Waals surface area (Å²) in [6, 6.07) is 9.48. The molecule has 0 spiro atoms. The number of hydrogen-bond donors (Lipinski definition) is 6. The highest BCUT2D eigenvalue weighted by atomic mass is 35.5. The summed E-state index contributed by atoms with van der Waals surface area (Å²) in [6.07, 6.45) is 0.278. The number of esters is 2. The van der Waals surface area contributed by atoms with Crippen LogP contribution >= 0.6 is 11.6 Å². The van der Waals surface area contributed by atoms with Gasteiger partial charge in [0.2, 0.25) is 29.5 Å². The standard InChI is InChI=1S/C56H83ClN6O15/c1-34(2)29-45-54(69)76-43(11-10-12-47(65)62-42(31-38-15-19-44(72-9)40(57)30-38)52(67)61-33-56(6,7)55(70)77-45)36(5)49-50(78-49)39-16-13-37(14-17-39)32-60-51(66)41(63-53(68)48(58)35(3)4)18-20-46(64)59-21-22-73-25-26-75-28-27-74-24-23-71-8/h10,12-17,19,30,34-36,41-43,45,48-50H,11,18,20-29,31-33,58H2,1-9H3,(H,59,64)(H,60,66)(H,61,67)(H,62,65)(H,63,68)/b12-10+/t36-,41-,42+,43-,45-,48-,49+,50+/m0/s1. The zero-order valence-corrected chi connectivity index (χ0v) is 47.4. The Bertz CT molecular complexity index is 2300. The zero-order chi connectivity index (χ0) is 57.4.